The zero-order valence-electron chi connectivity index (χ0n) is 43.3. The number of benzene rings is 4. The summed E-state index contributed by atoms with van der Waals surface area (Å²) in [5.74, 6) is 3.17. The zero-order chi connectivity index (χ0) is 49.4. The molecule has 0 aliphatic heterocycles. The summed E-state index contributed by atoms with van der Waals surface area (Å²) in [7, 11) is 0. The van der Waals surface area contributed by atoms with Crippen LogP contribution in [-0.2, 0) is 0 Å². The Morgan fingerprint density at radius 2 is 0.557 bits per heavy atom. The number of urea groups is 2. The molecule has 0 fully saturated rings. The third kappa shape index (κ3) is 28.3. The molecule has 0 heterocycles. The second-order valence-electron chi connectivity index (χ2n) is 18.8. The number of carbonyl (C=O) groups excluding carboxylic acids is 2. The van der Waals surface area contributed by atoms with Crippen molar-refractivity contribution in [2.45, 2.75) is 194 Å². The quantitative estimate of drug-likeness (QED) is 0.0329. The highest BCUT2D eigenvalue weighted by atomic mass is 16.5. The lowest BCUT2D eigenvalue weighted by molar-refractivity contribution is 0.261. The van der Waals surface area contributed by atoms with Gasteiger partial charge < -0.3 is 40.2 Å². The minimum Gasteiger partial charge on any atom is -0.494 e. The van der Waals surface area contributed by atoms with E-state index in [4.69, 9.17) is 18.9 Å². The predicted octanol–water partition coefficient (Wildman–Crippen LogP) is 18.2. The molecule has 0 atom stereocenters. The van der Waals surface area contributed by atoms with E-state index in [9.17, 15) is 9.59 Å². The van der Waals surface area contributed by atoms with Crippen molar-refractivity contribution < 1.29 is 28.5 Å². The van der Waals surface area contributed by atoms with Crippen LogP contribution in [0.3, 0.4) is 0 Å². The Bertz CT molecular complexity index is 1780. The first-order valence-corrected chi connectivity index (χ1v) is 27.6. The molecule has 0 spiro atoms. The fourth-order valence-corrected chi connectivity index (χ4v) is 8.39. The van der Waals surface area contributed by atoms with Crippen molar-refractivity contribution in [2.24, 2.45) is 0 Å². The van der Waals surface area contributed by atoms with Crippen LogP contribution in [0, 0.1) is 0 Å². The second-order valence-corrected chi connectivity index (χ2v) is 18.8. The molecule has 0 radical (unpaired) electrons. The number of ether oxygens (including phenoxy) is 4. The van der Waals surface area contributed by atoms with Crippen molar-refractivity contribution in [1.29, 1.82) is 0 Å². The Balaban J connectivity index is 0.918. The number of hydrogen-bond acceptors (Lipinski definition) is 6. The normalized spacial score (nSPS) is 10.9. The fourth-order valence-electron chi connectivity index (χ4n) is 8.39. The molecular weight excluding hydrogens is 873 g/mol. The van der Waals surface area contributed by atoms with Crippen molar-refractivity contribution in [3.63, 3.8) is 0 Å². The van der Waals surface area contributed by atoms with E-state index < -0.39 is 0 Å². The van der Waals surface area contributed by atoms with Crippen LogP contribution in [-0.4, -0.2) is 38.5 Å². The van der Waals surface area contributed by atoms with Crippen LogP contribution in [0.5, 0.6) is 23.0 Å². The van der Waals surface area contributed by atoms with Gasteiger partial charge in [0.05, 0.1) is 26.4 Å². The first-order valence-electron chi connectivity index (χ1n) is 27.6. The number of nitrogens with one attached hydrogen (secondary N) is 4. The molecule has 4 rings (SSSR count). The van der Waals surface area contributed by atoms with E-state index in [1.165, 1.54) is 141 Å². The zero-order valence-corrected chi connectivity index (χ0v) is 43.3. The van der Waals surface area contributed by atoms with Gasteiger partial charge in [-0.2, -0.15) is 0 Å². The second kappa shape index (κ2) is 38.4. The maximum atomic E-state index is 12.7. The van der Waals surface area contributed by atoms with Crippen molar-refractivity contribution in [1.82, 2.24) is 0 Å². The molecule has 0 unspecified atom stereocenters. The standard InChI is InChI=1S/C60H90N4O6/c1-3-5-7-9-11-19-23-27-45-67-55-41-37-51(38-42-55)61-59(65)63-53-33-31-35-57(49-53)69-47-29-25-21-17-15-13-14-16-18-22-26-30-48-70-58-36-32-34-54(50-58)64-60(66)62-52-39-43-56(44-40-52)68-46-28-24-20-12-10-8-6-4-2/h31-44,49-50H,3-30,45-48H2,1-2H3,(H2,61,63,65)(H2,62,64,66). The maximum Gasteiger partial charge on any atom is 0.323 e. The van der Waals surface area contributed by atoms with Crippen LogP contribution in [0.4, 0.5) is 32.3 Å². The van der Waals surface area contributed by atoms with Crippen LogP contribution in [0.25, 0.3) is 0 Å². The number of unbranched alkanes of at least 4 members (excludes halogenated alkanes) is 25. The molecule has 0 aromatic heterocycles. The molecule has 386 valence electrons. The van der Waals surface area contributed by atoms with Gasteiger partial charge in [-0.25, -0.2) is 9.59 Å². The Labute approximate surface area is 423 Å². The lowest BCUT2D eigenvalue weighted by atomic mass is 10.1. The van der Waals surface area contributed by atoms with E-state index in [2.05, 4.69) is 35.1 Å². The van der Waals surface area contributed by atoms with Gasteiger partial charge in [-0.3, -0.25) is 0 Å². The number of rotatable bonds is 41. The summed E-state index contributed by atoms with van der Waals surface area (Å²) in [6, 6.07) is 29.6. The smallest absolute Gasteiger partial charge is 0.323 e. The summed E-state index contributed by atoms with van der Waals surface area (Å²) in [6.07, 6.45) is 35.0. The van der Waals surface area contributed by atoms with Crippen LogP contribution in [0.15, 0.2) is 97.1 Å². The highest BCUT2D eigenvalue weighted by molar-refractivity contribution is 6.00. The van der Waals surface area contributed by atoms with Crippen LogP contribution in [0.1, 0.15) is 194 Å². The molecule has 10 nitrogen and oxygen atoms in total. The Hall–Kier alpha value is -5.38. The minimum absolute atomic E-state index is 0.295. The summed E-state index contributed by atoms with van der Waals surface area (Å²) in [4.78, 5) is 25.4. The fraction of sp³-hybridized carbons (Fsp3) is 0.567. The van der Waals surface area contributed by atoms with Crippen molar-refractivity contribution in [2.75, 3.05) is 47.7 Å². The summed E-state index contributed by atoms with van der Waals surface area (Å²) < 4.78 is 23.8. The Kier molecular flexibility index (Phi) is 31.4. The first kappa shape index (κ1) is 57.2. The van der Waals surface area contributed by atoms with Crippen LogP contribution in [0.2, 0.25) is 0 Å². The van der Waals surface area contributed by atoms with E-state index in [0.29, 0.717) is 36.0 Å². The molecule has 4 aromatic rings. The summed E-state index contributed by atoms with van der Waals surface area (Å²) >= 11 is 0. The third-order valence-corrected chi connectivity index (χ3v) is 12.5. The van der Waals surface area contributed by atoms with Gasteiger partial charge in [-0.05, 0) is 98.5 Å². The van der Waals surface area contributed by atoms with E-state index in [1.807, 2.05) is 97.1 Å². The summed E-state index contributed by atoms with van der Waals surface area (Å²) in [5, 5.41) is 11.6. The van der Waals surface area contributed by atoms with Gasteiger partial charge in [-0.15, -0.1) is 0 Å². The van der Waals surface area contributed by atoms with Crippen molar-refractivity contribution in [3.05, 3.63) is 97.1 Å². The highest BCUT2D eigenvalue weighted by Crippen LogP contribution is 2.23. The maximum absolute atomic E-state index is 12.7. The molecule has 4 amide bonds. The molecule has 0 aliphatic carbocycles. The third-order valence-electron chi connectivity index (χ3n) is 12.5. The first-order chi connectivity index (χ1) is 34.5. The van der Waals surface area contributed by atoms with E-state index >= 15 is 0 Å². The van der Waals surface area contributed by atoms with Gasteiger partial charge in [0.2, 0.25) is 0 Å². The largest absolute Gasteiger partial charge is 0.494 e. The SMILES string of the molecule is CCCCCCCCCCOc1ccc(NC(=O)Nc2cccc(OCCCCCCCCCCCCCCOc3cccc(NC(=O)Nc4ccc(OCCCCCCCCCC)cc4)c3)c2)cc1. The van der Waals surface area contributed by atoms with Crippen LogP contribution >= 0.6 is 0 Å². The van der Waals surface area contributed by atoms with E-state index in [0.717, 1.165) is 74.7 Å². The molecule has 0 bridgehead atoms. The number of amides is 4. The van der Waals surface area contributed by atoms with Gasteiger partial charge >= 0.3 is 12.1 Å². The van der Waals surface area contributed by atoms with Crippen molar-refractivity contribution in [3.8, 4) is 23.0 Å². The van der Waals surface area contributed by atoms with Gasteiger partial charge in [0.25, 0.3) is 0 Å². The molecular formula is C60H90N4O6. The summed E-state index contributed by atoms with van der Waals surface area (Å²) in [6.45, 7) is 7.29. The molecule has 4 N–H and O–H groups in total. The lowest BCUT2D eigenvalue weighted by Crippen LogP contribution is -2.19. The average Bonchev–Trinajstić information content (AvgIpc) is 3.36. The monoisotopic (exact) mass is 963 g/mol. The topological polar surface area (TPSA) is 119 Å². The van der Waals surface area contributed by atoms with E-state index in [-0.39, 0.29) is 12.1 Å². The van der Waals surface area contributed by atoms with Gasteiger partial charge in [0, 0.05) is 34.9 Å². The molecule has 70 heavy (non-hydrogen) atoms. The van der Waals surface area contributed by atoms with Gasteiger partial charge in [0.1, 0.15) is 23.0 Å². The molecule has 0 aliphatic rings. The predicted molar refractivity (Wildman–Crippen MR) is 294 cm³/mol. The number of carbonyl (C=O) groups is 2. The molecule has 0 saturated heterocycles. The summed E-state index contributed by atoms with van der Waals surface area (Å²) in [5.41, 5.74) is 2.81. The molecule has 10 heteroatoms. The highest BCUT2D eigenvalue weighted by Gasteiger charge is 2.07. The van der Waals surface area contributed by atoms with E-state index in [1.54, 1.807) is 0 Å². The molecule has 4 aromatic carbocycles. The van der Waals surface area contributed by atoms with Gasteiger partial charge in [0.15, 0.2) is 0 Å². The minimum atomic E-state index is -0.295. The lowest BCUT2D eigenvalue weighted by Gasteiger charge is -2.11. The van der Waals surface area contributed by atoms with Gasteiger partial charge in [-0.1, -0.05) is 180 Å². The molecule has 0 saturated carbocycles. The average molecular weight is 963 g/mol. The Morgan fingerprint density at radius 1 is 0.300 bits per heavy atom. The number of hydrogen-bond donors (Lipinski definition) is 4. The number of anilines is 4. The Morgan fingerprint density at radius 3 is 0.857 bits per heavy atom. The van der Waals surface area contributed by atoms with Crippen LogP contribution < -0.4 is 40.2 Å². The van der Waals surface area contributed by atoms with Crippen molar-refractivity contribution >= 4 is 34.8 Å².